The Balaban J connectivity index is 0.000000751. The Morgan fingerprint density at radius 3 is 2.12 bits per heavy atom. The smallest absolute Gasteiger partial charge is 0.391 e. The van der Waals surface area contributed by atoms with Gasteiger partial charge in [-0.2, -0.15) is 0 Å². The first-order valence-corrected chi connectivity index (χ1v) is 11.0. The van der Waals surface area contributed by atoms with E-state index >= 15 is 0 Å². The zero-order chi connectivity index (χ0) is 24.3. The highest BCUT2D eigenvalue weighted by Crippen LogP contribution is 2.16. The Morgan fingerprint density at radius 1 is 0.853 bits per heavy atom. The van der Waals surface area contributed by atoms with E-state index in [2.05, 4.69) is 43.4 Å². The van der Waals surface area contributed by atoms with E-state index in [9.17, 15) is 9.59 Å². The number of hydrogen-bond acceptors (Lipinski definition) is 7. The molecule has 3 aromatic rings. The van der Waals surface area contributed by atoms with Gasteiger partial charge in [0.05, 0.1) is 11.9 Å². The number of nitrogens with zero attached hydrogens (tertiary/aromatic N) is 4. The molecule has 0 radical (unpaired) electrons. The molecular formula is C23H21Cl2N5O4. The van der Waals surface area contributed by atoms with Crippen LogP contribution in [0.4, 0.5) is 21.1 Å². The molecule has 1 N–H and O–H groups in total. The lowest BCUT2D eigenvalue weighted by molar-refractivity contribution is 0.102. The van der Waals surface area contributed by atoms with Crippen LogP contribution in [0.2, 0.25) is 0 Å². The molecular weight excluding hydrogens is 481 g/mol. The summed E-state index contributed by atoms with van der Waals surface area (Å²) in [7, 11) is 0. The third-order valence-electron chi connectivity index (χ3n) is 4.73. The van der Waals surface area contributed by atoms with E-state index in [-0.39, 0.29) is 11.8 Å². The standard InChI is InChI=1S/C22H21N5O3.CCl2O/c28-21(17-6-2-1-3-7-17)25-18-9-10-20(24-16-18)30-22(29)27-14-12-26(13-15-27)19-8-4-5-11-23-19;2-1(3)4/h1-11,16H,12-15H2,(H,25,28);. The minimum atomic E-state index is -0.889. The van der Waals surface area contributed by atoms with Gasteiger partial charge >= 0.3 is 10.8 Å². The van der Waals surface area contributed by atoms with Gasteiger partial charge in [-0.25, -0.2) is 14.8 Å². The minimum absolute atomic E-state index is 0.185. The van der Waals surface area contributed by atoms with Gasteiger partial charge in [0.1, 0.15) is 5.82 Å². The molecule has 1 saturated heterocycles. The van der Waals surface area contributed by atoms with Gasteiger partial charge in [0, 0.05) is 44.0 Å². The van der Waals surface area contributed by atoms with E-state index in [0.717, 1.165) is 5.82 Å². The fraction of sp³-hybridized carbons (Fsp3) is 0.174. The first-order valence-electron chi connectivity index (χ1n) is 10.2. The van der Waals surface area contributed by atoms with E-state index in [1.165, 1.54) is 6.20 Å². The Labute approximate surface area is 206 Å². The molecule has 0 atom stereocenters. The first kappa shape index (κ1) is 24.9. The van der Waals surface area contributed by atoms with Crippen molar-refractivity contribution in [1.82, 2.24) is 14.9 Å². The van der Waals surface area contributed by atoms with Crippen LogP contribution in [0.15, 0.2) is 73.1 Å². The van der Waals surface area contributed by atoms with Crippen LogP contribution in [-0.4, -0.2) is 57.7 Å². The molecule has 0 aliphatic carbocycles. The van der Waals surface area contributed by atoms with Crippen molar-refractivity contribution < 1.29 is 19.1 Å². The van der Waals surface area contributed by atoms with Gasteiger partial charge in [-0.3, -0.25) is 9.59 Å². The van der Waals surface area contributed by atoms with Crippen molar-refractivity contribution in [3.8, 4) is 5.88 Å². The largest absolute Gasteiger partial charge is 0.416 e. The average Bonchev–Trinajstić information content (AvgIpc) is 2.86. The van der Waals surface area contributed by atoms with E-state index in [0.29, 0.717) is 37.4 Å². The van der Waals surface area contributed by atoms with Crippen LogP contribution < -0.4 is 15.0 Å². The van der Waals surface area contributed by atoms with Crippen LogP contribution in [0.25, 0.3) is 0 Å². The molecule has 1 aliphatic rings. The number of anilines is 2. The Bertz CT molecular complexity index is 1090. The predicted molar refractivity (Wildman–Crippen MR) is 130 cm³/mol. The number of carbonyl (C=O) groups excluding carboxylic acids is 3. The van der Waals surface area contributed by atoms with Gasteiger partial charge in [0.25, 0.3) is 5.91 Å². The number of nitrogens with one attached hydrogen (secondary N) is 1. The quantitative estimate of drug-likeness (QED) is 0.519. The van der Waals surface area contributed by atoms with Crippen LogP contribution in [0, 0.1) is 0 Å². The molecule has 0 saturated carbocycles. The van der Waals surface area contributed by atoms with Crippen molar-refractivity contribution in [2.24, 2.45) is 0 Å². The number of pyridine rings is 2. The molecule has 0 bridgehead atoms. The van der Waals surface area contributed by atoms with Crippen molar-refractivity contribution >= 4 is 51.4 Å². The second-order valence-corrected chi connectivity index (χ2v) is 7.84. The fourth-order valence-corrected chi connectivity index (χ4v) is 3.12. The second kappa shape index (κ2) is 12.5. The Hall–Kier alpha value is -3.69. The minimum Gasteiger partial charge on any atom is -0.391 e. The third-order valence-corrected chi connectivity index (χ3v) is 4.73. The number of piperazine rings is 1. The molecule has 1 fully saturated rings. The number of carbonyl (C=O) groups is 3. The lowest BCUT2D eigenvalue weighted by atomic mass is 10.2. The van der Waals surface area contributed by atoms with Crippen LogP contribution in [-0.2, 0) is 0 Å². The van der Waals surface area contributed by atoms with Gasteiger partial charge in [0.15, 0.2) is 0 Å². The van der Waals surface area contributed by atoms with Gasteiger partial charge in [-0.05, 0) is 53.5 Å². The number of benzene rings is 1. The number of hydrogen-bond donors (Lipinski definition) is 1. The molecule has 176 valence electrons. The highest BCUT2D eigenvalue weighted by Gasteiger charge is 2.23. The van der Waals surface area contributed by atoms with Crippen molar-refractivity contribution in [3.63, 3.8) is 0 Å². The summed E-state index contributed by atoms with van der Waals surface area (Å²) in [6, 6.07) is 17.9. The summed E-state index contributed by atoms with van der Waals surface area (Å²) in [6.45, 7) is 2.45. The van der Waals surface area contributed by atoms with Gasteiger partial charge in [0.2, 0.25) is 5.88 Å². The lowest BCUT2D eigenvalue weighted by Crippen LogP contribution is -2.49. The summed E-state index contributed by atoms with van der Waals surface area (Å²) in [5.41, 5.74) is 1.07. The molecule has 1 aliphatic heterocycles. The molecule has 4 rings (SSSR count). The van der Waals surface area contributed by atoms with E-state index in [1.807, 2.05) is 24.3 Å². The van der Waals surface area contributed by atoms with Gasteiger partial charge in [-0.15, -0.1) is 0 Å². The molecule has 2 aromatic heterocycles. The number of ether oxygens (including phenoxy) is 1. The Kier molecular flexibility index (Phi) is 9.19. The maximum atomic E-state index is 12.4. The van der Waals surface area contributed by atoms with Crippen LogP contribution in [0.5, 0.6) is 5.88 Å². The zero-order valence-electron chi connectivity index (χ0n) is 17.9. The second-order valence-electron chi connectivity index (χ2n) is 6.96. The van der Waals surface area contributed by atoms with Crippen molar-refractivity contribution in [1.29, 1.82) is 0 Å². The van der Waals surface area contributed by atoms with Gasteiger partial charge < -0.3 is 19.9 Å². The van der Waals surface area contributed by atoms with Crippen molar-refractivity contribution in [2.75, 3.05) is 36.4 Å². The summed E-state index contributed by atoms with van der Waals surface area (Å²) >= 11 is 8.80. The molecule has 34 heavy (non-hydrogen) atoms. The zero-order valence-corrected chi connectivity index (χ0v) is 19.4. The van der Waals surface area contributed by atoms with Crippen LogP contribution >= 0.6 is 23.2 Å². The summed E-state index contributed by atoms with van der Waals surface area (Å²) in [6.07, 6.45) is 2.78. The maximum Gasteiger partial charge on any atom is 0.416 e. The summed E-state index contributed by atoms with van der Waals surface area (Å²) < 4.78 is 4.48. The van der Waals surface area contributed by atoms with E-state index < -0.39 is 10.8 Å². The fourth-order valence-electron chi connectivity index (χ4n) is 3.12. The topological polar surface area (TPSA) is 105 Å². The highest BCUT2D eigenvalue weighted by molar-refractivity contribution is 6.93. The molecule has 2 amide bonds. The molecule has 3 heterocycles. The summed E-state index contributed by atoms with van der Waals surface area (Å²) in [5.74, 6) is 0.859. The van der Waals surface area contributed by atoms with Crippen molar-refractivity contribution in [3.05, 3.63) is 78.6 Å². The first-order chi connectivity index (χ1) is 16.4. The maximum absolute atomic E-state index is 12.4. The SMILES string of the molecule is O=C(Cl)Cl.O=C(Nc1ccc(OC(=O)N2CCN(c3ccccn3)CC2)nc1)c1ccccc1. The Morgan fingerprint density at radius 2 is 1.53 bits per heavy atom. The normalized spacial score (nSPS) is 12.8. The van der Waals surface area contributed by atoms with E-state index in [1.54, 1.807) is 47.5 Å². The number of halogens is 2. The molecule has 0 spiro atoms. The van der Waals surface area contributed by atoms with Crippen molar-refractivity contribution in [2.45, 2.75) is 0 Å². The highest BCUT2D eigenvalue weighted by atomic mass is 35.5. The predicted octanol–water partition coefficient (Wildman–Crippen LogP) is 4.63. The molecule has 1 aromatic carbocycles. The molecule has 9 nitrogen and oxygen atoms in total. The molecule has 0 unspecified atom stereocenters. The number of aromatic nitrogens is 2. The average molecular weight is 502 g/mol. The summed E-state index contributed by atoms with van der Waals surface area (Å²) in [5, 5.41) is 2.76. The summed E-state index contributed by atoms with van der Waals surface area (Å²) in [4.78, 5) is 45.8. The lowest BCUT2D eigenvalue weighted by Gasteiger charge is -2.34. The monoisotopic (exact) mass is 501 g/mol. The number of amides is 2. The third kappa shape index (κ3) is 7.72. The van der Waals surface area contributed by atoms with Crippen LogP contribution in [0.1, 0.15) is 10.4 Å². The van der Waals surface area contributed by atoms with Crippen LogP contribution in [0.3, 0.4) is 0 Å². The number of rotatable bonds is 4. The molecule has 11 heteroatoms. The van der Waals surface area contributed by atoms with E-state index in [4.69, 9.17) is 9.53 Å². The van der Waals surface area contributed by atoms with Gasteiger partial charge in [-0.1, -0.05) is 24.3 Å².